The van der Waals surface area contributed by atoms with Crippen LogP contribution in [0.3, 0.4) is 0 Å². The molecule has 0 bridgehead atoms. The number of nitro benzene ring substituents is 1. The molecule has 0 N–H and O–H groups in total. The average molecular weight is 306 g/mol. The Hall–Kier alpha value is -0.830. The van der Waals surface area contributed by atoms with Crippen LogP contribution in [0.15, 0.2) is 33.5 Å². The molecule has 0 radical (unpaired) electrons. The van der Waals surface area contributed by atoms with Crippen molar-refractivity contribution < 1.29 is 4.92 Å². The lowest BCUT2D eigenvalue weighted by Gasteiger charge is -1.97. The summed E-state index contributed by atoms with van der Waals surface area (Å²) in [5.74, 6) is 0. The van der Waals surface area contributed by atoms with E-state index in [2.05, 4.69) is 9.36 Å². The molecule has 2 aromatic rings. The van der Waals surface area contributed by atoms with Crippen molar-refractivity contribution in [1.29, 1.82) is 0 Å². The summed E-state index contributed by atoms with van der Waals surface area (Å²) >= 11 is 6.81. The van der Waals surface area contributed by atoms with Crippen LogP contribution in [0.1, 0.15) is 0 Å². The third-order valence-corrected chi connectivity index (χ3v) is 5.29. The first-order chi connectivity index (χ1) is 8.15. The summed E-state index contributed by atoms with van der Waals surface area (Å²) in [6.45, 7) is 0. The second-order valence-corrected chi connectivity index (χ2v) is 6.29. The average Bonchev–Trinajstić information content (AvgIpc) is 2.73. The zero-order valence-corrected chi connectivity index (χ0v) is 11.3. The summed E-state index contributed by atoms with van der Waals surface area (Å²) < 4.78 is 4.59. The second kappa shape index (κ2) is 5.67. The van der Waals surface area contributed by atoms with Crippen molar-refractivity contribution in [3.8, 4) is 0 Å². The Labute approximate surface area is 113 Å². The van der Waals surface area contributed by atoms with Crippen LogP contribution in [-0.4, -0.2) is 14.3 Å². The van der Waals surface area contributed by atoms with Gasteiger partial charge in [0.2, 0.25) is 5.28 Å². The van der Waals surface area contributed by atoms with E-state index in [0.29, 0.717) is 0 Å². The minimum atomic E-state index is -0.424. The highest BCUT2D eigenvalue weighted by molar-refractivity contribution is 8.77. The molecule has 0 aliphatic heterocycles. The standard InChI is InChI=1S/C8H4ClN3O2S3/c9-7-10-8(15-11-7)17-16-6-3-1-5(2-4-6)12(13)14/h1-4H. The van der Waals surface area contributed by atoms with E-state index in [4.69, 9.17) is 11.6 Å². The van der Waals surface area contributed by atoms with Gasteiger partial charge in [-0.15, -0.1) is 0 Å². The number of benzene rings is 1. The third-order valence-electron chi connectivity index (χ3n) is 1.64. The molecule has 0 unspecified atom stereocenters. The Kier molecular flexibility index (Phi) is 4.21. The maximum absolute atomic E-state index is 10.5. The normalized spacial score (nSPS) is 10.4. The number of halogens is 1. The second-order valence-electron chi connectivity index (χ2n) is 2.75. The molecule has 1 aromatic heterocycles. The summed E-state index contributed by atoms with van der Waals surface area (Å²) in [6.07, 6.45) is 0. The molecule has 5 nitrogen and oxygen atoms in total. The molecule has 1 aromatic carbocycles. The van der Waals surface area contributed by atoms with Crippen molar-refractivity contribution in [1.82, 2.24) is 9.36 Å². The summed E-state index contributed by atoms with van der Waals surface area (Å²) in [5, 5.41) is 10.7. The van der Waals surface area contributed by atoms with Gasteiger partial charge in [0.25, 0.3) is 5.69 Å². The van der Waals surface area contributed by atoms with Crippen LogP contribution in [0.4, 0.5) is 5.69 Å². The number of hydrogen-bond acceptors (Lipinski definition) is 7. The van der Waals surface area contributed by atoms with E-state index >= 15 is 0 Å². The van der Waals surface area contributed by atoms with Crippen LogP contribution in [0.2, 0.25) is 5.28 Å². The van der Waals surface area contributed by atoms with Gasteiger partial charge < -0.3 is 0 Å². The van der Waals surface area contributed by atoms with E-state index in [1.807, 2.05) is 0 Å². The number of nitro groups is 1. The molecule has 1 heterocycles. The lowest BCUT2D eigenvalue weighted by atomic mass is 10.3. The number of rotatable bonds is 4. The largest absolute Gasteiger partial charge is 0.269 e. The van der Waals surface area contributed by atoms with Crippen LogP contribution in [0.5, 0.6) is 0 Å². The van der Waals surface area contributed by atoms with E-state index in [1.54, 1.807) is 12.1 Å². The van der Waals surface area contributed by atoms with Gasteiger partial charge in [-0.2, -0.15) is 9.36 Å². The number of non-ortho nitro benzene ring substituents is 1. The zero-order chi connectivity index (χ0) is 12.3. The third kappa shape index (κ3) is 3.56. The van der Waals surface area contributed by atoms with E-state index in [0.717, 1.165) is 9.24 Å². The van der Waals surface area contributed by atoms with Crippen LogP contribution < -0.4 is 0 Å². The number of aromatic nitrogens is 2. The Morgan fingerprint density at radius 3 is 2.53 bits per heavy atom. The number of nitrogens with zero attached hydrogens (tertiary/aromatic N) is 3. The zero-order valence-electron chi connectivity index (χ0n) is 8.07. The molecule has 9 heteroatoms. The molecule has 0 spiro atoms. The van der Waals surface area contributed by atoms with Gasteiger partial charge in [0.15, 0.2) is 4.34 Å². The molecule has 0 saturated carbocycles. The van der Waals surface area contributed by atoms with Gasteiger partial charge in [-0.1, -0.05) is 10.8 Å². The predicted molar refractivity (Wildman–Crippen MR) is 69.7 cm³/mol. The number of hydrogen-bond donors (Lipinski definition) is 0. The van der Waals surface area contributed by atoms with Gasteiger partial charge in [-0.25, -0.2) is 0 Å². The lowest BCUT2D eigenvalue weighted by molar-refractivity contribution is -0.384. The maximum atomic E-state index is 10.5. The van der Waals surface area contributed by atoms with Gasteiger partial charge >= 0.3 is 0 Å². The highest BCUT2D eigenvalue weighted by Crippen LogP contribution is 2.38. The first-order valence-electron chi connectivity index (χ1n) is 4.23. The Morgan fingerprint density at radius 2 is 2.00 bits per heavy atom. The molecular formula is C8H4ClN3O2S3. The summed E-state index contributed by atoms with van der Waals surface area (Å²) in [5.41, 5.74) is 0.0818. The molecule has 0 fully saturated rings. The highest BCUT2D eigenvalue weighted by atomic mass is 35.5. The lowest BCUT2D eigenvalue weighted by Crippen LogP contribution is -1.85. The minimum absolute atomic E-state index is 0.0818. The van der Waals surface area contributed by atoms with Crippen molar-refractivity contribution in [3.05, 3.63) is 39.7 Å². The quantitative estimate of drug-likeness (QED) is 0.485. The maximum Gasteiger partial charge on any atom is 0.269 e. The smallest absolute Gasteiger partial charge is 0.258 e. The minimum Gasteiger partial charge on any atom is -0.258 e. The van der Waals surface area contributed by atoms with Gasteiger partial charge in [0, 0.05) is 17.0 Å². The Bertz CT molecular complexity index is 531. The van der Waals surface area contributed by atoms with E-state index in [1.165, 1.54) is 45.3 Å². The summed E-state index contributed by atoms with van der Waals surface area (Å²) in [4.78, 5) is 14.9. The molecule has 2 rings (SSSR count). The fraction of sp³-hybridized carbons (Fsp3) is 0. The van der Waals surface area contributed by atoms with Crippen LogP contribution in [0.25, 0.3) is 0 Å². The molecule has 0 amide bonds. The fourth-order valence-electron chi connectivity index (χ4n) is 0.934. The Morgan fingerprint density at radius 1 is 1.29 bits per heavy atom. The van der Waals surface area contributed by atoms with Crippen LogP contribution in [0, 0.1) is 10.1 Å². The predicted octanol–water partition coefficient (Wildman–Crippen LogP) is 3.90. The van der Waals surface area contributed by atoms with Crippen molar-refractivity contribution in [2.45, 2.75) is 9.24 Å². The molecular weight excluding hydrogens is 302 g/mol. The van der Waals surface area contributed by atoms with Crippen molar-refractivity contribution >= 4 is 50.4 Å². The first kappa shape index (κ1) is 12.6. The molecule has 0 atom stereocenters. The van der Waals surface area contributed by atoms with Crippen LogP contribution in [-0.2, 0) is 0 Å². The topological polar surface area (TPSA) is 68.9 Å². The van der Waals surface area contributed by atoms with E-state index in [9.17, 15) is 10.1 Å². The first-order valence-corrected chi connectivity index (χ1v) is 7.53. The molecule has 0 aliphatic carbocycles. The highest BCUT2D eigenvalue weighted by Gasteiger charge is 2.06. The summed E-state index contributed by atoms with van der Waals surface area (Å²) in [7, 11) is 2.87. The van der Waals surface area contributed by atoms with Crippen molar-refractivity contribution in [2.75, 3.05) is 0 Å². The molecule has 0 saturated heterocycles. The molecule has 88 valence electrons. The Balaban J connectivity index is 1.97. The summed E-state index contributed by atoms with van der Waals surface area (Å²) in [6, 6.07) is 6.32. The SMILES string of the molecule is O=[N+]([O-])c1ccc(SSc2nc(Cl)ns2)cc1. The van der Waals surface area contributed by atoms with Gasteiger partial charge in [0.1, 0.15) is 0 Å². The van der Waals surface area contributed by atoms with E-state index in [-0.39, 0.29) is 11.0 Å². The van der Waals surface area contributed by atoms with Crippen molar-refractivity contribution in [3.63, 3.8) is 0 Å². The van der Waals surface area contributed by atoms with Gasteiger partial charge in [0.05, 0.1) is 4.92 Å². The fourth-order valence-corrected chi connectivity index (χ4v) is 3.84. The molecule has 17 heavy (non-hydrogen) atoms. The monoisotopic (exact) mass is 305 g/mol. The van der Waals surface area contributed by atoms with Gasteiger partial charge in [-0.3, -0.25) is 10.1 Å². The van der Waals surface area contributed by atoms with Gasteiger partial charge in [-0.05, 0) is 46.1 Å². The van der Waals surface area contributed by atoms with Crippen molar-refractivity contribution in [2.24, 2.45) is 0 Å². The molecule has 0 aliphatic rings. The van der Waals surface area contributed by atoms with Crippen LogP contribution >= 0.6 is 44.7 Å². The van der Waals surface area contributed by atoms with E-state index < -0.39 is 4.92 Å².